The Labute approximate surface area is 120 Å². The van der Waals surface area contributed by atoms with Crippen LogP contribution in [0.4, 0.5) is 10.2 Å². The minimum Gasteiger partial charge on any atom is -0.489 e. The van der Waals surface area contributed by atoms with Gasteiger partial charge in [0, 0.05) is 6.54 Å². The molecule has 1 N–H and O–H groups in total. The molecule has 5 nitrogen and oxygen atoms in total. The van der Waals surface area contributed by atoms with E-state index in [4.69, 9.17) is 21.1 Å². The van der Waals surface area contributed by atoms with E-state index < -0.39 is 5.82 Å². The summed E-state index contributed by atoms with van der Waals surface area (Å²) >= 11 is 5.91. The van der Waals surface area contributed by atoms with E-state index in [1.54, 1.807) is 0 Å². The van der Waals surface area contributed by atoms with E-state index in [2.05, 4.69) is 15.3 Å². The van der Waals surface area contributed by atoms with E-state index in [9.17, 15) is 4.39 Å². The Morgan fingerprint density at radius 2 is 2.15 bits per heavy atom. The van der Waals surface area contributed by atoms with Crippen LogP contribution in [0.1, 0.15) is 6.92 Å². The number of halogens is 2. The maximum absolute atomic E-state index is 13.0. The van der Waals surface area contributed by atoms with Gasteiger partial charge in [0.1, 0.15) is 17.9 Å². The van der Waals surface area contributed by atoms with Gasteiger partial charge in [-0.05, 0) is 25.1 Å². The molecular formula is C13H13ClFN3O2. The van der Waals surface area contributed by atoms with Gasteiger partial charge in [-0.25, -0.2) is 9.37 Å². The molecule has 106 valence electrons. The summed E-state index contributed by atoms with van der Waals surface area (Å²) in [4.78, 5) is 8.06. The highest BCUT2D eigenvalue weighted by molar-refractivity contribution is 6.32. The second-order valence-electron chi connectivity index (χ2n) is 3.77. The summed E-state index contributed by atoms with van der Waals surface area (Å²) in [6, 6.07) is 3.84. The van der Waals surface area contributed by atoms with Gasteiger partial charge in [-0.1, -0.05) is 11.6 Å². The fraction of sp³-hybridized carbons (Fsp3) is 0.231. The topological polar surface area (TPSA) is 56.3 Å². The molecular weight excluding hydrogens is 285 g/mol. The van der Waals surface area contributed by atoms with Crippen LogP contribution in [0.5, 0.6) is 17.4 Å². The molecule has 0 aliphatic heterocycles. The summed E-state index contributed by atoms with van der Waals surface area (Å²) in [5, 5.41) is 3.18. The average Bonchev–Trinajstić information content (AvgIpc) is 2.42. The Bertz CT molecular complexity index is 610. The summed E-state index contributed by atoms with van der Waals surface area (Å²) in [6.07, 6.45) is 1.34. The number of nitrogens with zero attached hydrogens (tertiary/aromatic N) is 2. The van der Waals surface area contributed by atoms with Gasteiger partial charge in [0.2, 0.25) is 5.75 Å². The van der Waals surface area contributed by atoms with E-state index in [1.807, 2.05) is 6.92 Å². The highest BCUT2D eigenvalue weighted by Gasteiger charge is 2.15. The summed E-state index contributed by atoms with van der Waals surface area (Å²) in [6.45, 7) is 2.60. The van der Waals surface area contributed by atoms with Crippen LogP contribution in [0.3, 0.4) is 0 Å². The van der Waals surface area contributed by atoms with E-state index in [1.165, 1.54) is 25.6 Å². The third-order valence-corrected chi connectivity index (χ3v) is 2.72. The lowest BCUT2D eigenvalue weighted by Gasteiger charge is -2.13. The second-order valence-corrected chi connectivity index (χ2v) is 4.18. The molecule has 1 heterocycles. The summed E-state index contributed by atoms with van der Waals surface area (Å²) < 4.78 is 23.8. The third-order valence-electron chi connectivity index (χ3n) is 2.42. The van der Waals surface area contributed by atoms with E-state index in [-0.39, 0.29) is 16.7 Å². The molecule has 20 heavy (non-hydrogen) atoms. The van der Waals surface area contributed by atoms with Crippen molar-refractivity contribution in [3.05, 3.63) is 35.4 Å². The van der Waals surface area contributed by atoms with Crippen molar-refractivity contribution < 1.29 is 13.9 Å². The van der Waals surface area contributed by atoms with Crippen molar-refractivity contribution in [3.63, 3.8) is 0 Å². The molecule has 0 saturated heterocycles. The molecule has 0 atom stereocenters. The van der Waals surface area contributed by atoms with Crippen molar-refractivity contribution in [3.8, 4) is 17.4 Å². The molecule has 1 aromatic heterocycles. The van der Waals surface area contributed by atoms with Crippen LogP contribution in [0.25, 0.3) is 0 Å². The van der Waals surface area contributed by atoms with Crippen LogP contribution in [0, 0.1) is 5.82 Å². The minimum atomic E-state index is -0.439. The highest BCUT2D eigenvalue weighted by Crippen LogP contribution is 2.36. The van der Waals surface area contributed by atoms with Gasteiger partial charge in [0.05, 0.1) is 12.1 Å². The monoisotopic (exact) mass is 297 g/mol. The van der Waals surface area contributed by atoms with Crippen LogP contribution in [0.15, 0.2) is 24.5 Å². The summed E-state index contributed by atoms with van der Waals surface area (Å²) in [5.74, 6) is 0.915. The predicted molar refractivity (Wildman–Crippen MR) is 74.2 cm³/mol. The predicted octanol–water partition coefficient (Wildman–Crippen LogP) is 3.50. The number of rotatable bonds is 5. The molecule has 0 radical (unpaired) electrons. The van der Waals surface area contributed by atoms with Crippen molar-refractivity contribution in [1.82, 2.24) is 9.97 Å². The van der Waals surface area contributed by atoms with Crippen LogP contribution in [-0.4, -0.2) is 23.6 Å². The zero-order chi connectivity index (χ0) is 14.5. The van der Waals surface area contributed by atoms with Crippen molar-refractivity contribution in [1.29, 1.82) is 0 Å². The molecule has 2 aromatic rings. The molecule has 0 unspecified atom stereocenters. The Morgan fingerprint density at radius 1 is 1.35 bits per heavy atom. The number of anilines is 1. The molecule has 0 bridgehead atoms. The van der Waals surface area contributed by atoms with Crippen LogP contribution in [-0.2, 0) is 0 Å². The van der Waals surface area contributed by atoms with Gasteiger partial charge < -0.3 is 14.8 Å². The van der Waals surface area contributed by atoms with E-state index in [0.717, 1.165) is 6.07 Å². The third kappa shape index (κ3) is 3.08. The number of nitrogens with one attached hydrogen (secondary N) is 1. The number of hydrogen-bond acceptors (Lipinski definition) is 5. The first-order chi connectivity index (χ1) is 9.65. The Morgan fingerprint density at radius 3 is 2.80 bits per heavy atom. The normalized spacial score (nSPS) is 10.2. The number of hydrogen-bond donors (Lipinski definition) is 1. The quantitative estimate of drug-likeness (QED) is 0.915. The molecule has 1 aromatic carbocycles. The first kappa shape index (κ1) is 14.3. The van der Waals surface area contributed by atoms with Crippen LogP contribution in [0.2, 0.25) is 5.02 Å². The fourth-order valence-electron chi connectivity index (χ4n) is 1.57. The second kappa shape index (κ2) is 6.38. The molecule has 7 heteroatoms. The van der Waals surface area contributed by atoms with Gasteiger partial charge in [0.25, 0.3) is 5.88 Å². The number of methoxy groups -OCH3 is 1. The van der Waals surface area contributed by atoms with Crippen LogP contribution >= 0.6 is 11.6 Å². The lowest BCUT2D eigenvalue weighted by atomic mass is 10.3. The molecule has 2 rings (SSSR count). The summed E-state index contributed by atoms with van der Waals surface area (Å²) in [5.41, 5.74) is 0. The first-order valence-corrected chi connectivity index (χ1v) is 6.29. The summed E-state index contributed by atoms with van der Waals surface area (Å²) in [7, 11) is 1.48. The molecule has 0 aliphatic carbocycles. The SMILES string of the molecule is CCNc1ncnc(Oc2ccc(F)cc2Cl)c1OC. The molecule has 0 saturated carbocycles. The van der Waals surface area contributed by atoms with Gasteiger partial charge in [0.15, 0.2) is 5.82 Å². The molecule has 0 amide bonds. The maximum atomic E-state index is 13.0. The van der Waals surface area contributed by atoms with E-state index in [0.29, 0.717) is 18.1 Å². The molecule has 0 aliphatic rings. The zero-order valence-electron chi connectivity index (χ0n) is 11.0. The lowest BCUT2D eigenvalue weighted by molar-refractivity contribution is 0.369. The van der Waals surface area contributed by atoms with Crippen molar-refractivity contribution in [2.45, 2.75) is 6.92 Å². The smallest absolute Gasteiger partial charge is 0.268 e. The molecule has 0 spiro atoms. The largest absolute Gasteiger partial charge is 0.489 e. The Hall–Kier alpha value is -2.08. The van der Waals surface area contributed by atoms with Crippen molar-refractivity contribution >= 4 is 17.4 Å². The highest BCUT2D eigenvalue weighted by atomic mass is 35.5. The number of benzene rings is 1. The molecule has 0 fully saturated rings. The standard InChI is InChI=1S/C13H13ClFN3O2/c1-3-16-12-11(19-2)13(18-7-17-12)20-10-5-4-8(15)6-9(10)14/h4-7H,3H2,1-2H3,(H,16,17,18). The van der Waals surface area contributed by atoms with Crippen molar-refractivity contribution in [2.24, 2.45) is 0 Å². The minimum absolute atomic E-state index is 0.149. The van der Waals surface area contributed by atoms with Gasteiger partial charge >= 0.3 is 0 Å². The Kier molecular flexibility index (Phi) is 4.57. The van der Waals surface area contributed by atoms with Gasteiger partial charge in [-0.2, -0.15) is 4.98 Å². The Balaban J connectivity index is 2.35. The van der Waals surface area contributed by atoms with Crippen LogP contribution < -0.4 is 14.8 Å². The zero-order valence-corrected chi connectivity index (χ0v) is 11.7. The van der Waals surface area contributed by atoms with Gasteiger partial charge in [-0.15, -0.1) is 0 Å². The maximum Gasteiger partial charge on any atom is 0.268 e. The average molecular weight is 298 g/mol. The lowest BCUT2D eigenvalue weighted by Crippen LogP contribution is -2.04. The van der Waals surface area contributed by atoms with E-state index >= 15 is 0 Å². The van der Waals surface area contributed by atoms with Crippen molar-refractivity contribution in [2.75, 3.05) is 19.0 Å². The van der Waals surface area contributed by atoms with Gasteiger partial charge in [-0.3, -0.25) is 0 Å². The fourth-order valence-corrected chi connectivity index (χ4v) is 1.78. The number of aromatic nitrogens is 2. The number of ether oxygens (including phenoxy) is 2. The first-order valence-electron chi connectivity index (χ1n) is 5.91.